The molecule has 0 saturated heterocycles. The fourth-order valence-corrected chi connectivity index (χ4v) is 5.49. The number of nitrogens with zero attached hydrogens (tertiary/aromatic N) is 2. The molecule has 0 bridgehead atoms. The molecule has 0 fully saturated rings. The number of carbonyl (C=O) groups is 2. The van der Waals surface area contributed by atoms with E-state index >= 15 is 0 Å². The normalized spacial score (nSPS) is 12.2. The second kappa shape index (κ2) is 15.1. The molecule has 0 aliphatic carbocycles. The van der Waals surface area contributed by atoms with Crippen molar-refractivity contribution in [3.63, 3.8) is 0 Å². The lowest BCUT2D eigenvalue weighted by molar-refractivity contribution is -0.141. The van der Waals surface area contributed by atoms with Gasteiger partial charge < -0.3 is 10.2 Å². The van der Waals surface area contributed by atoms with Gasteiger partial charge in [0.2, 0.25) is 21.8 Å². The zero-order valence-electron chi connectivity index (χ0n) is 23.9. The van der Waals surface area contributed by atoms with Crippen LogP contribution >= 0.6 is 11.6 Å². The van der Waals surface area contributed by atoms with Crippen LogP contribution in [0, 0.1) is 17.6 Å². The van der Waals surface area contributed by atoms with Crippen LogP contribution in [0.1, 0.15) is 37.8 Å². The first-order valence-corrected chi connectivity index (χ1v) is 15.9. The van der Waals surface area contributed by atoms with Crippen LogP contribution in [-0.2, 0) is 32.6 Å². The molecular formula is C31H36ClF2N3O4S. The van der Waals surface area contributed by atoms with E-state index in [9.17, 15) is 26.8 Å². The number of carbonyl (C=O) groups excluding carboxylic acids is 2. The number of anilines is 1. The molecule has 1 unspecified atom stereocenters. The monoisotopic (exact) mass is 619 g/mol. The summed E-state index contributed by atoms with van der Waals surface area (Å²) < 4.78 is 53.2. The smallest absolute Gasteiger partial charge is 0.243 e. The average Bonchev–Trinajstić information content (AvgIpc) is 2.94. The Morgan fingerprint density at radius 2 is 1.60 bits per heavy atom. The van der Waals surface area contributed by atoms with Gasteiger partial charge in [-0.3, -0.25) is 13.9 Å². The van der Waals surface area contributed by atoms with Crippen LogP contribution < -0.4 is 9.62 Å². The Morgan fingerprint density at radius 1 is 0.929 bits per heavy atom. The molecule has 3 rings (SSSR count). The molecule has 0 aromatic heterocycles. The molecule has 2 amide bonds. The first-order chi connectivity index (χ1) is 19.8. The summed E-state index contributed by atoms with van der Waals surface area (Å²) in [4.78, 5) is 28.8. The molecule has 42 heavy (non-hydrogen) atoms. The van der Waals surface area contributed by atoms with E-state index < -0.39 is 27.7 Å². The van der Waals surface area contributed by atoms with Gasteiger partial charge in [-0.25, -0.2) is 17.2 Å². The van der Waals surface area contributed by atoms with E-state index in [0.717, 1.165) is 33.8 Å². The van der Waals surface area contributed by atoms with Gasteiger partial charge >= 0.3 is 0 Å². The van der Waals surface area contributed by atoms with E-state index in [4.69, 9.17) is 11.6 Å². The minimum absolute atomic E-state index is 0.0445. The molecular weight excluding hydrogens is 584 g/mol. The van der Waals surface area contributed by atoms with Gasteiger partial charge in [-0.2, -0.15) is 0 Å². The van der Waals surface area contributed by atoms with Gasteiger partial charge in [0.25, 0.3) is 0 Å². The highest BCUT2D eigenvalue weighted by Gasteiger charge is 2.30. The summed E-state index contributed by atoms with van der Waals surface area (Å²) >= 11 is 6.06. The number of hydrogen-bond acceptors (Lipinski definition) is 4. The van der Waals surface area contributed by atoms with Crippen molar-refractivity contribution < 1.29 is 26.8 Å². The third kappa shape index (κ3) is 9.80. The summed E-state index contributed by atoms with van der Waals surface area (Å²) in [5.74, 6) is -2.73. The van der Waals surface area contributed by atoms with Crippen LogP contribution in [0.2, 0.25) is 5.02 Å². The second-order valence-corrected chi connectivity index (χ2v) is 12.9. The minimum Gasteiger partial charge on any atom is -0.354 e. The molecule has 3 aromatic carbocycles. The second-order valence-electron chi connectivity index (χ2n) is 10.5. The number of sulfonamides is 1. The number of nitrogens with one attached hydrogen (secondary N) is 1. The van der Waals surface area contributed by atoms with E-state index in [1.54, 1.807) is 24.3 Å². The molecule has 7 nitrogen and oxygen atoms in total. The van der Waals surface area contributed by atoms with Gasteiger partial charge in [0, 0.05) is 43.6 Å². The zero-order valence-corrected chi connectivity index (χ0v) is 25.5. The van der Waals surface area contributed by atoms with Gasteiger partial charge in [0.15, 0.2) is 11.6 Å². The topological polar surface area (TPSA) is 86.8 Å². The van der Waals surface area contributed by atoms with Crippen molar-refractivity contribution >= 4 is 39.1 Å². The van der Waals surface area contributed by atoms with Crippen molar-refractivity contribution in [2.24, 2.45) is 5.92 Å². The van der Waals surface area contributed by atoms with Crippen LogP contribution in [0.15, 0.2) is 72.8 Å². The lowest BCUT2D eigenvalue weighted by Crippen LogP contribution is -2.51. The van der Waals surface area contributed by atoms with Crippen LogP contribution in [0.5, 0.6) is 0 Å². The first kappa shape index (κ1) is 33.0. The fourth-order valence-electron chi connectivity index (χ4n) is 4.41. The van der Waals surface area contributed by atoms with Crippen LogP contribution in [0.4, 0.5) is 14.5 Å². The molecule has 0 saturated carbocycles. The Morgan fingerprint density at radius 3 is 2.19 bits per heavy atom. The van der Waals surface area contributed by atoms with Crippen LogP contribution in [-0.4, -0.2) is 50.5 Å². The highest BCUT2D eigenvalue weighted by atomic mass is 35.5. The SMILES string of the molecule is CC(C)CNC(=O)C(Cc1ccccc1)N(Cc1ccc(Cl)cc1)C(=O)CCCN(c1ccc(F)c(F)c1)S(C)(=O)=O. The quantitative estimate of drug-likeness (QED) is 0.255. The van der Waals surface area contributed by atoms with E-state index in [-0.39, 0.29) is 55.8 Å². The Hall–Kier alpha value is -3.50. The largest absolute Gasteiger partial charge is 0.354 e. The zero-order chi connectivity index (χ0) is 30.9. The summed E-state index contributed by atoms with van der Waals surface area (Å²) in [6.45, 7) is 4.37. The molecule has 0 radical (unpaired) electrons. The van der Waals surface area contributed by atoms with Crippen molar-refractivity contribution in [1.29, 1.82) is 0 Å². The van der Waals surface area contributed by atoms with E-state index in [0.29, 0.717) is 11.6 Å². The van der Waals surface area contributed by atoms with Crippen molar-refractivity contribution in [2.45, 2.75) is 45.7 Å². The predicted octanol–water partition coefficient (Wildman–Crippen LogP) is 5.58. The van der Waals surface area contributed by atoms with Gasteiger partial charge in [-0.15, -0.1) is 0 Å². The third-order valence-electron chi connectivity index (χ3n) is 6.57. The van der Waals surface area contributed by atoms with Gasteiger partial charge in [0.1, 0.15) is 6.04 Å². The number of amides is 2. The average molecular weight is 620 g/mol. The lowest BCUT2D eigenvalue weighted by Gasteiger charge is -2.32. The maximum atomic E-state index is 13.9. The highest BCUT2D eigenvalue weighted by Crippen LogP contribution is 2.22. The van der Waals surface area contributed by atoms with Gasteiger partial charge in [-0.1, -0.05) is 67.9 Å². The van der Waals surface area contributed by atoms with Gasteiger partial charge in [-0.05, 0) is 47.7 Å². The standard InChI is InChI=1S/C31H36ClF2N3O4S/c1-22(2)20-35-31(39)29(18-23-8-5-4-6-9-23)36(21-24-11-13-25(32)14-12-24)30(38)10-7-17-37(42(3,40)41)26-15-16-27(33)28(34)19-26/h4-6,8-9,11-16,19,22,29H,7,10,17-18,20-21H2,1-3H3,(H,35,39). The van der Waals surface area contributed by atoms with Crippen LogP contribution in [0.3, 0.4) is 0 Å². The summed E-state index contributed by atoms with van der Waals surface area (Å²) in [5.41, 5.74) is 1.59. The molecule has 11 heteroatoms. The first-order valence-electron chi connectivity index (χ1n) is 13.6. The summed E-state index contributed by atoms with van der Waals surface area (Å²) in [5, 5.41) is 3.48. The Kier molecular flexibility index (Phi) is 11.9. The molecule has 3 aromatic rings. The number of halogens is 3. The van der Waals surface area contributed by atoms with E-state index in [2.05, 4.69) is 5.32 Å². The fraction of sp³-hybridized carbons (Fsp3) is 0.355. The van der Waals surface area contributed by atoms with Crippen molar-refractivity contribution in [3.8, 4) is 0 Å². The summed E-state index contributed by atoms with van der Waals surface area (Å²) in [7, 11) is -3.86. The van der Waals surface area contributed by atoms with Crippen molar-refractivity contribution in [3.05, 3.63) is 101 Å². The molecule has 0 spiro atoms. The minimum atomic E-state index is -3.86. The molecule has 226 valence electrons. The highest BCUT2D eigenvalue weighted by molar-refractivity contribution is 7.92. The Bertz CT molecular complexity index is 1450. The summed E-state index contributed by atoms with van der Waals surface area (Å²) in [6.07, 6.45) is 1.21. The van der Waals surface area contributed by atoms with Crippen molar-refractivity contribution in [2.75, 3.05) is 23.7 Å². The molecule has 1 atom stereocenters. The maximum absolute atomic E-state index is 13.9. The predicted molar refractivity (Wildman–Crippen MR) is 162 cm³/mol. The van der Waals surface area contributed by atoms with Crippen LogP contribution in [0.25, 0.3) is 0 Å². The maximum Gasteiger partial charge on any atom is 0.243 e. The Balaban J connectivity index is 1.88. The van der Waals surface area contributed by atoms with E-state index in [1.807, 2.05) is 44.2 Å². The molecule has 0 aliphatic rings. The third-order valence-corrected chi connectivity index (χ3v) is 8.01. The number of benzene rings is 3. The lowest BCUT2D eigenvalue weighted by atomic mass is 10.0. The summed E-state index contributed by atoms with van der Waals surface area (Å²) in [6, 6.07) is 18.3. The molecule has 0 aliphatic heterocycles. The number of hydrogen-bond donors (Lipinski definition) is 1. The molecule has 0 heterocycles. The molecule has 1 N–H and O–H groups in total. The Labute approximate surface area is 251 Å². The number of rotatable bonds is 14. The van der Waals surface area contributed by atoms with E-state index in [1.165, 1.54) is 11.0 Å². The van der Waals surface area contributed by atoms with Crippen molar-refractivity contribution in [1.82, 2.24) is 10.2 Å². The van der Waals surface area contributed by atoms with Gasteiger partial charge in [0.05, 0.1) is 11.9 Å².